The van der Waals surface area contributed by atoms with E-state index in [4.69, 9.17) is 14.5 Å². The largest absolute Gasteiger partial charge is 0.493 e. The Morgan fingerprint density at radius 3 is 2.59 bits per heavy atom. The third-order valence-electron chi connectivity index (χ3n) is 5.49. The molecular formula is C23H27N3O3. The molecule has 1 aromatic heterocycles. The second kappa shape index (κ2) is 8.55. The molecule has 0 aliphatic carbocycles. The number of fused-ring (bicyclic) bond motifs is 1. The highest BCUT2D eigenvalue weighted by molar-refractivity contribution is 5.80. The monoisotopic (exact) mass is 393 g/mol. The van der Waals surface area contributed by atoms with E-state index < -0.39 is 0 Å². The number of imidazole rings is 1. The zero-order valence-corrected chi connectivity index (χ0v) is 17.0. The summed E-state index contributed by atoms with van der Waals surface area (Å²) >= 11 is 0. The first kappa shape index (κ1) is 19.3. The highest BCUT2D eigenvalue weighted by atomic mass is 16.5. The number of methoxy groups -OCH3 is 1. The molecule has 1 saturated heterocycles. The Morgan fingerprint density at radius 1 is 1.07 bits per heavy atom. The van der Waals surface area contributed by atoms with Gasteiger partial charge in [0.1, 0.15) is 5.82 Å². The third kappa shape index (κ3) is 4.06. The lowest BCUT2D eigenvalue weighted by molar-refractivity contribution is -0.126. The van der Waals surface area contributed by atoms with E-state index in [9.17, 15) is 4.79 Å². The maximum atomic E-state index is 12.0. The third-order valence-corrected chi connectivity index (χ3v) is 5.49. The van der Waals surface area contributed by atoms with Crippen molar-refractivity contribution in [3.8, 4) is 11.5 Å². The lowest BCUT2D eigenvalue weighted by Gasteiger charge is -2.14. The number of rotatable bonds is 8. The van der Waals surface area contributed by atoms with Crippen molar-refractivity contribution in [1.29, 1.82) is 0 Å². The van der Waals surface area contributed by atoms with Crippen LogP contribution in [0, 0.1) is 0 Å². The molecule has 1 aliphatic rings. The Hall–Kier alpha value is -3.02. The molecule has 2 heterocycles. The Kier molecular flexibility index (Phi) is 5.69. The van der Waals surface area contributed by atoms with Crippen molar-refractivity contribution in [1.82, 2.24) is 14.5 Å². The summed E-state index contributed by atoms with van der Waals surface area (Å²) in [6, 6.07) is 15.9. The lowest BCUT2D eigenvalue weighted by Crippen LogP contribution is -2.19. The number of likely N-dealkylation sites (tertiary alicyclic amines) is 1. The van der Waals surface area contributed by atoms with Crippen molar-refractivity contribution in [3.05, 3.63) is 54.4 Å². The first-order chi connectivity index (χ1) is 14.2. The van der Waals surface area contributed by atoms with E-state index in [-0.39, 0.29) is 11.8 Å². The second-order valence-electron chi connectivity index (χ2n) is 7.49. The number of nitrogens with zero attached hydrogens (tertiary/aromatic N) is 3. The van der Waals surface area contributed by atoms with Gasteiger partial charge in [0.15, 0.2) is 11.5 Å². The Morgan fingerprint density at radius 2 is 1.83 bits per heavy atom. The van der Waals surface area contributed by atoms with Gasteiger partial charge in [0.2, 0.25) is 5.91 Å². The molecule has 0 bridgehead atoms. The molecule has 0 radical (unpaired) electrons. The molecule has 6 heteroatoms. The number of carbonyl (C=O) groups is 1. The molecule has 6 nitrogen and oxygen atoms in total. The Balaban J connectivity index is 1.42. The number of benzene rings is 2. The van der Waals surface area contributed by atoms with Crippen molar-refractivity contribution in [2.24, 2.45) is 0 Å². The number of aryl methyl sites for hydroxylation is 1. The van der Waals surface area contributed by atoms with Crippen LogP contribution in [0.15, 0.2) is 48.5 Å². The molecule has 0 N–H and O–H groups in total. The van der Waals surface area contributed by atoms with Crippen LogP contribution in [0.2, 0.25) is 0 Å². The maximum absolute atomic E-state index is 12.0. The van der Waals surface area contributed by atoms with Gasteiger partial charge >= 0.3 is 0 Å². The summed E-state index contributed by atoms with van der Waals surface area (Å²) in [4.78, 5) is 18.7. The topological polar surface area (TPSA) is 56.6 Å². The van der Waals surface area contributed by atoms with Gasteiger partial charge in [-0.2, -0.15) is 0 Å². The van der Waals surface area contributed by atoms with Gasteiger partial charge in [-0.05, 0) is 37.1 Å². The van der Waals surface area contributed by atoms with Gasteiger partial charge in [-0.3, -0.25) is 4.79 Å². The lowest BCUT2D eigenvalue weighted by atomic mass is 10.1. The van der Waals surface area contributed by atoms with Crippen LogP contribution in [-0.2, 0) is 11.3 Å². The number of amides is 1. The number of ether oxygens (including phenoxy) is 2. The van der Waals surface area contributed by atoms with E-state index in [1.165, 1.54) is 0 Å². The molecule has 4 rings (SSSR count). The molecule has 1 aliphatic heterocycles. The summed E-state index contributed by atoms with van der Waals surface area (Å²) in [5.41, 5.74) is 2.13. The SMILES string of the molecule is COc1ccccc1OCCCCn1c(C2CC(=O)N(C)C2)nc2ccccc21. The summed E-state index contributed by atoms with van der Waals surface area (Å²) < 4.78 is 13.5. The number of carbonyl (C=O) groups excluding carboxylic acids is 1. The van der Waals surface area contributed by atoms with Crippen LogP contribution < -0.4 is 9.47 Å². The highest BCUT2D eigenvalue weighted by Gasteiger charge is 2.31. The number of aromatic nitrogens is 2. The van der Waals surface area contributed by atoms with Crippen LogP contribution in [-0.4, -0.2) is 47.7 Å². The normalized spacial score (nSPS) is 16.6. The molecule has 1 fully saturated rings. The van der Waals surface area contributed by atoms with Gasteiger partial charge in [-0.1, -0.05) is 24.3 Å². The van der Waals surface area contributed by atoms with Gasteiger partial charge in [0.25, 0.3) is 0 Å². The molecule has 0 spiro atoms. The van der Waals surface area contributed by atoms with E-state index in [2.05, 4.69) is 10.6 Å². The standard InChI is InChI=1S/C23H27N3O3/c1-25-16-17(15-22(25)27)23-24-18-9-3-4-10-19(18)26(23)13-7-8-14-29-21-12-6-5-11-20(21)28-2/h3-6,9-12,17H,7-8,13-16H2,1-2H3. The summed E-state index contributed by atoms with van der Waals surface area (Å²) in [5, 5.41) is 0. The second-order valence-corrected chi connectivity index (χ2v) is 7.49. The maximum Gasteiger partial charge on any atom is 0.223 e. The zero-order valence-electron chi connectivity index (χ0n) is 17.0. The average molecular weight is 393 g/mol. The predicted molar refractivity (Wildman–Crippen MR) is 112 cm³/mol. The minimum absolute atomic E-state index is 0.157. The molecule has 152 valence electrons. The van der Waals surface area contributed by atoms with Gasteiger partial charge in [0.05, 0.1) is 24.8 Å². The van der Waals surface area contributed by atoms with E-state index in [0.717, 1.165) is 54.3 Å². The molecular weight excluding hydrogens is 366 g/mol. The van der Waals surface area contributed by atoms with Crippen LogP contribution in [0.4, 0.5) is 0 Å². The van der Waals surface area contributed by atoms with Gasteiger partial charge in [0, 0.05) is 32.5 Å². The predicted octanol–water partition coefficient (Wildman–Crippen LogP) is 3.85. The minimum Gasteiger partial charge on any atom is -0.493 e. The summed E-state index contributed by atoms with van der Waals surface area (Å²) in [5.74, 6) is 2.90. The minimum atomic E-state index is 0.157. The highest BCUT2D eigenvalue weighted by Crippen LogP contribution is 2.30. The van der Waals surface area contributed by atoms with Crippen molar-refractivity contribution >= 4 is 16.9 Å². The van der Waals surface area contributed by atoms with Crippen LogP contribution >= 0.6 is 0 Å². The number of para-hydroxylation sites is 4. The summed E-state index contributed by atoms with van der Waals surface area (Å²) in [6.07, 6.45) is 2.43. The smallest absolute Gasteiger partial charge is 0.223 e. The molecule has 1 unspecified atom stereocenters. The first-order valence-corrected chi connectivity index (χ1v) is 10.1. The van der Waals surface area contributed by atoms with E-state index in [1.807, 2.05) is 49.5 Å². The Labute approximate surface area is 171 Å². The van der Waals surface area contributed by atoms with Gasteiger partial charge in [-0.25, -0.2) is 4.98 Å². The van der Waals surface area contributed by atoms with E-state index in [1.54, 1.807) is 12.0 Å². The fraction of sp³-hybridized carbons (Fsp3) is 0.391. The average Bonchev–Trinajstić information content (AvgIpc) is 3.28. The number of unbranched alkanes of at least 4 members (excludes halogenated alkanes) is 1. The van der Waals surface area contributed by atoms with Crippen molar-refractivity contribution in [3.63, 3.8) is 0 Å². The quantitative estimate of drug-likeness (QED) is 0.546. The summed E-state index contributed by atoms with van der Waals surface area (Å²) in [6.45, 7) is 2.23. The van der Waals surface area contributed by atoms with Crippen LogP contribution in [0.5, 0.6) is 11.5 Å². The van der Waals surface area contributed by atoms with Crippen LogP contribution in [0.3, 0.4) is 0 Å². The van der Waals surface area contributed by atoms with E-state index >= 15 is 0 Å². The van der Waals surface area contributed by atoms with Gasteiger partial charge in [-0.15, -0.1) is 0 Å². The molecule has 29 heavy (non-hydrogen) atoms. The van der Waals surface area contributed by atoms with Crippen molar-refractivity contribution < 1.29 is 14.3 Å². The summed E-state index contributed by atoms with van der Waals surface area (Å²) in [7, 11) is 3.52. The molecule has 0 saturated carbocycles. The number of hydrogen-bond acceptors (Lipinski definition) is 4. The number of likely N-dealkylation sites (N-methyl/N-ethyl adjacent to an activating group) is 1. The fourth-order valence-electron chi connectivity index (χ4n) is 3.97. The van der Waals surface area contributed by atoms with Crippen LogP contribution in [0.25, 0.3) is 11.0 Å². The van der Waals surface area contributed by atoms with E-state index in [0.29, 0.717) is 13.0 Å². The molecule has 2 aromatic carbocycles. The Bertz CT molecular complexity index is 998. The fourth-order valence-corrected chi connectivity index (χ4v) is 3.97. The number of hydrogen-bond donors (Lipinski definition) is 0. The zero-order chi connectivity index (χ0) is 20.2. The molecule has 1 atom stereocenters. The van der Waals surface area contributed by atoms with Crippen molar-refractivity contribution in [2.45, 2.75) is 31.7 Å². The molecule has 1 amide bonds. The first-order valence-electron chi connectivity index (χ1n) is 10.1. The van der Waals surface area contributed by atoms with Crippen molar-refractivity contribution in [2.75, 3.05) is 27.3 Å². The van der Waals surface area contributed by atoms with Gasteiger partial charge < -0.3 is 18.9 Å². The molecule has 3 aromatic rings. The van der Waals surface area contributed by atoms with Crippen LogP contribution in [0.1, 0.15) is 31.0 Å².